The van der Waals surface area contributed by atoms with Crippen molar-refractivity contribution in [1.29, 1.82) is 0 Å². The zero-order chi connectivity index (χ0) is 14.4. The number of hydrogen-bond acceptors (Lipinski definition) is 4. The summed E-state index contributed by atoms with van der Waals surface area (Å²) >= 11 is 3.39. The van der Waals surface area contributed by atoms with Gasteiger partial charge in [0.1, 0.15) is 30.5 Å². The van der Waals surface area contributed by atoms with Crippen molar-refractivity contribution in [3.05, 3.63) is 46.9 Å². The van der Waals surface area contributed by atoms with Crippen LogP contribution in [0.4, 0.5) is 5.69 Å². The Balaban J connectivity index is 1.80. The lowest BCUT2D eigenvalue weighted by molar-refractivity contribution is 0.217. The van der Waals surface area contributed by atoms with Crippen LogP contribution in [0, 0.1) is 0 Å². The normalized spacial score (nSPS) is 10.1. The summed E-state index contributed by atoms with van der Waals surface area (Å²) in [4.78, 5) is 0. The molecule has 0 aliphatic rings. The molecule has 2 aromatic carbocycles. The van der Waals surface area contributed by atoms with Crippen LogP contribution >= 0.6 is 15.9 Å². The van der Waals surface area contributed by atoms with Gasteiger partial charge in [-0.2, -0.15) is 0 Å². The molecule has 2 N–H and O–H groups in total. The molecule has 2 aromatic rings. The fraction of sp³-hybridized carbons (Fsp3) is 0.200. The molecule has 0 fully saturated rings. The maximum absolute atomic E-state index is 5.80. The molecular formula is C15H16BrNO3. The Morgan fingerprint density at radius 3 is 2.30 bits per heavy atom. The molecule has 0 bridgehead atoms. The fourth-order valence-electron chi connectivity index (χ4n) is 1.68. The van der Waals surface area contributed by atoms with Crippen LogP contribution in [0.3, 0.4) is 0 Å². The van der Waals surface area contributed by atoms with Crippen molar-refractivity contribution in [2.75, 3.05) is 26.1 Å². The maximum atomic E-state index is 5.80. The smallest absolute Gasteiger partial charge is 0.142 e. The quantitative estimate of drug-likeness (QED) is 0.647. The van der Waals surface area contributed by atoms with Gasteiger partial charge in [0.15, 0.2) is 0 Å². The van der Waals surface area contributed by atoms with Gasteiger partial charge in [0.25, 0.3) is 0 Å². The minimum atomic E-state index is 0.443. The van der Waals surface area contributed by atoms with Crippen LogP contribution < -0.4 is 19.9 Å². The molecule has 0 saturated heterocycles. The highest BCUT2D eigenvalue weighted by Gasteiger charge is 2.01. The summed E-state index contributed by atoms with van der Waals surface area (Å²) in [5, 5.41) is 0. The summed E-state index contributed by atoms with van der Waals surface area (Å²) < 4.78 is 17.2. The number of nitrogen functional groups attached to an aromatic ring is 1. The molecule has 20 heavy (non-hydrogen) atoms. The van der Waals surface area contributed by atoms with Crippen LogP contribution in [-0.4, -0.2) is 20.3 Å². The van der Waals surface area contributed by atoms with E-state index in [0.717, 1.165) is 10.2 Å². The van der Waals surface area contributed by atoms with Gasteiger partial charge in [-0.1, -0.05) is 22.0 Å². The topological polar surface area (TPSA) is 53.7 Å². The van der Waals surface area contributed by atoms with E-state index in [2.05, 4.69) is 15.9 Å². The van der Waals surface area contributed by atoms with Crippen LogP contribution in [-0.2, 0) is 0 Å². The minimum absolute atomic E-state index is 0.443. The van der Waals surface area contributed by atoms with E-state index in [1.807, 2.05) is 30.3 Å². The maximum Gasteiger partial charge on any atom is 0.142 e. The summed E-state index contributed by atoms with van der Waals surface area (Å²) in [5.74, 6) is 2.14. The monoisotopic (exact) mass is 337 g/mol. The lowest BCUT2D eigenvalue weighted by Gasteiger charge is -2.10. The summed E-state index contributed by atoms with van der Waals surface area (Å²) in [5.41, 5.74) is 6.36. The molecule has 4 nitrogen and oxygen atoms in total. The second kappa shape index (κ2) is 7.05. The molecule has 0 amide bonds. The third-order valence-corrected chi connectivity index (χ3v) is 3.11. The van der Waals surface area contributed by atoms with E-state index < -0.39 is 0 Å². The van der Waals surface area contributed by atoms with E-state index in [1.165, 1.54) is 0 Å². The number of methoxy groups -OCH3 is 1. The summed E-state index contributed by atoms with van der Waals surface area (Å²) in [6.07, 6.45) is 0. The second-order valence-corrected chi connectivity index (χ2v) is 4.97. The Morgan fingerprint density at radius 2 is 1.70 bits per heavy atom. The number of rotatable bonds is 6. The van der Waals surface area contributed by atoms with Crippen LogP contribution in [0.5, 0.6) is 17.2 Å². The molecule has 0 heterocycles. The highest BCUT2D eigenvalue weighted by atomic mass is 79.9. The van der Waals surface area contributed by atoms with E-state index in [9.17, 15) is 0 Å². The molecule has 0 atom stereocenters. The first-order chi connectivity index (χ1) is 9.69. The van der Waals surface area contributed by atoms with Gasteiger partial charge in [0.2, 0.25) is 0 Å². The molecule has 0 aliphatic heterocycles. The van der Waals surface area contributed by atoms with Gasteiger partial charge in [0.05, 0.1) is 12.8 Å². The number of benzene rings is 2. The molecule has 106 valence electrons. The van der Waals surface area contributed by atoms with Gasteiger partial charge in [0, 0.05) is 10.5 Å². The zero-order valence-electron chi connectivity index (χ0n) is 11.1. The molecular weight excluding hydrogens is 322 g/mol. The summed E-state index contributed by atoms with van der Waals surface area (Å²) in [6, 6.07) is 13.0. The average molecular weight is 338 g/mol. The molecule has 0 spiro atoms. The fourth-order valence-corrected chi connectivity index (χ4v) is 2.06. The number of halogens is 1. The minimum Gasteiger partial charge on any atom is -0.495 e. The van der Waals surface area contributed by atoms with E-state index in [4.69, 9.17) is 19.9 Å². The molecule has 2 rings (SSSR count). The number of anilines is 1. The average Bonchev–Trinajstić information content (AvgIpc) is 2.44. The molecule has 0 saturated carbocycles. The number of nitrogens with two attached hydrogens (primary N) is 1. The SMILES string of the molecule is COc1ccc(OCCOc2cccc(Br)c2)cc1N. The molecule has 0 aliphatic carbocycles. The number of hydrogen-bond donors (Lipinski definition) is 1. The highest BCUT2D eigenvalue weighted by Crippen LogP contribution is 2.25. The third kappa shape index (κ3) is 4.06. The Labute approximate surface area is 126 Å². The Kier molecular flexibility index (Phi) is 5.12. The Bertz CT molecular complexity index is 575. The zero-order valence-corrected chi connectivity index (χ0v) is 12.7. The van der Waals surface area contributed by atoms with Crippen LogP contribution in [0.25, 0.3) is 0 Å². The van der Waals surface area contributed by atoms with Gasteiger partial charge >= 0.3 is 0 Å². The lowest BCUT2D eigenvalue weighted by atomic mass is 10.3. The Hall–Kier alpha value is -1.88. The van der Waals surface area contributed by atoms with Gasteiger partial charge in [-0.15, -0.1) is 0 Å². The predicted octanol–water partition coefficient (Wildman–Crippen LogP) is 3.50. The van der Waals surface area contributed by atoms with Crippen molar-refractivity contribution in [2.45, 2.75) is 0 Å². The van der Waals surface area contributed by atoms with Crippen molar-refractivity contribution in [3.63, 3.8) is 0 Å². The van der Waals surface area contributed by atoms with Crippen LogP contribution in [0.1, 0.15) is 0 Å². The van der Waals surface area contributed by atoms with E-state index in [1.54, 1.807) is 19.2 Å². The van der Waals surface area contributed by atoms with E-state index >= 15 is 0 Å². The first kappa shape index (κ1) is 14.5. The first-order valence-electron chi connectivity index (χ1n) is 6.14. The first-order valence-corrected chi connectivity index (χ1v) is 6.93. The predicted molar refractivity (Wildman–Crippen MR) is 82.5 cm³/mol. The van der Waals surface area contributed by atoms with Gasteiger partial charge < -0.3 is 19.9 Å². The largest absolute Gasteiger partial charge is 0.495 e. The standard InChI is InChI=1S/C15H16BrNO3/c1-18-15-6-5-13(10-14(15)17)20-8-7-19-12-4-2-3-11(16)9-12/h2-6,9-10H,7-8,17H2,1H3. The van der Waals surface area contributed by atoms with Gasteiger partial charge in [-0.25, -0.2) is 0 Å². The van der Waals surface area contributed by atoms with Crippen molar-refractivity contribution in [1.82, 2.24) is 0 Å². The molecule has 0 unspecified atom stereocenters. The molecule has 0 radical (unpaired) electrons. The van der Waals surface area contributed by atoms with Crippen LogP contribution in [0.2, 0.25) is 0 Å². The van der Waals surface area contributed by atoms with Crippen LogP contribution in [0.15, 0.2) is 46.9 Å². The highest BCUT2D eigenvalue weighted by molar-refractivity contribution is 9.10. The molecule has 5 heteroatoms. The van der Waals surface area contributed by atoms with Gasteiger partial charge in [-0.05, 0) is 30.3 Å². The summed E-state index contributed by atoms with van der Waals surface area (Å²) in [6.45, 7) is 0.903. The van der Waals surface area contributed by atoms with Crippen molar-refractivity contribution in [2.24, 2.45) is 0 Å². The number of ether oxygens (including phenoxy) is 3. The third-order valence-electron chi connectivity index (χ3n) is 2.62. The molecule has 0 aromatic heterocycles. The Morgan fingerprint density at radius 1 is 1.00 bits per heavy atom. The van der Waals surface area contributed by atoms with Crippen molar-refractivity contribution >= 4 is 21.6 Å². The van der Waals surface area contributed by atoms with Gasteiger partial charge in [-0.3, -0.25) is 0 Å². The van der Waals surface area contributed by atoms with E-state index in [-0.39, 0.29) is 0 Å². The lowest BCUT2D eigenvalue weighted by Crippen LogP contribution is -2.09. The van der Waals surface area contributed by atoms with E-state index in [0.29, 0.717) is 30.4 Å². The second-order valence-electron chi connectivity index (χ2n) is 4.06. The van der Waals surface area contributed by atoms with Crippen molar-refractivity contribution < 1.29 is 14.2 Å². The van der Waals surface area contributed by atoms with Crippen molar-refractivity contribution in [3.8, 4) is 17.2 Å². The summed E-state index contributed by atoms with van der Waals surface area (Å²) in [7, 11) is 1.58.